The van der Waals surface area contributed by atoms with E-state index in [9.17, 15) is 0 Å². The molecule has 1 heterocycles. The number of aromatic nitrogens is 1. The SMILES string of the molecule is CSC(C)c1csc(C(C)C)n1. The monoisotopic (exact) mass is 201 g/mol. The Morgan fingerprint density at radius 3 is 2.50 bits per heavy atom. The maximum Gasteiger partial charge on any atom is 0.0954 e. The van der Waals surface area contributed by atoms with Crippen molar-refractivity contribution >= 4 is 23.1 Å². The minimum atomic E-state index is 0.536. The summed E-state index contributed by atoms with van der Waals surface area (Å²) in [5.41, 5.74) is 1.23. The van der Waals surface area contributed by atoms with Gasteiger partial charge in [-0.25, -0.2) is 4.98 Å². The molecule has 0 spiro atoms. The zero-order valence-corrected chi connectivity index (χ0v) is 9.63. The molecule has 0 N–H and O–H groups in total. The van der Waals surface area contributed by atoms with Crippen molar-refractivity contribution in [2.24, 2.45) is 0 Å². The Morgan fingerprint density at radius 1 is 1.42 bits per heavy atom. The number of rotatable bonds is 3. The Hall–Kier alpha value is -0.0200. The molecule has 68 valence electrons. The molecular weight excluding hydrogens is 186 g/mol. The van der Waals surface area contributed by atoms with Crippen LogP contribution in [-0.2, 0) is 0 Å². The summed E-state index contributed by atoms with van der Waals surface area (Å²) < 4.78 is 0. The molecule has 0 amide bonds. The number of hydrogen-bond acceptors (Lipinski definition) is 3. The number of thiazole rings is 1. The van der Waals surface area contributed by atoms with Gasteiger partial charge >= 0.3 is 0 Å². The Morgan fingerprint density at radius 2 is 2.08 bits per heavy atom. The summed E-state index contributed by atoms with van der Waals surface area (Å²) in [7, 11) is 0. The van der Waals surface area contributed by atoms with Crippen molar-refractivity contribution in [1.29, 1.82) is 0 Å². The maximum absolute atomic E-state index is 4.58. The van der Waals surface area contributed by atoms with Gasteiger partial charge in [-0.2, -0.15) is 11.8 Å². The molecule has 0 saturated carbocycles. The van der Waals surface area contributed by atoms with Crippen molar-refractivity contribution in [2.45, 2.75) is 31.9 Å². The standard InChI is InChI=1S/C9H15NS2/c1-6(2)9-10-8(5-12-9)7(3)11-4/h5-7H,1-4H3. The molecule has 0 aliphatic heterocycles. The Bertz CT molecular complexity index is 242. The summed E-state index contributed by atoms with van der Waals surface area (Å²) in [6, 6.07) is 0. The molecule has 1 aromatic heterocycles. The summed E-state index contributed by atoms with van der Waals surface area (Å²) in [5, 5.41) is 3.97. The van der Waals surface area contributed by atoms with Gasteiger partial charge in [-0.1, -0.05) is 13.8 Å². The van der Waals surface area contributed by atoms with Crippen molar-refractivity contribution < 1.29 is 0 Å². The summed E-state index contributed by atoms with van der Waals surface area (Å²) in [4.78, 5) is 4.58. The van der Waals surface area contributed by atoms with Crippen LogP contribution in [0.3, 0.4) is 0 Å². The fourth-order valence-electron chi connectivity index (χ4n) is 0.873. The van der Waals surface area contributed by atoms with Gasteiger partial charge in [0.05, 0.1) is 10.7 Å². The van der Waals surface area contributed by atoms with E-state index in [0.29, 0.717) is 11.2 Å². The first kappa shape index (κ1) is 10.1. The first-order valence-corrected chi connectivity index (χ1v) is 6.30. The highest BCUT2D eigenvalue weighted by Gasteiger charge is 2.10. The molecule has 1 aromatic rings. The van der Waals surface area contributed by atoms with E-state index in [4.69, 9.17) is 0 Å². The number of hydrogen-bond donors (Lipinski definition) is 0. The first-order valence-electron chi connectivity index (χ1n) is 4.13. The second-order valence-electron chi connectivity index (χ2n) is 3.14. The molecular formula is C9H15NS2. The Labute approximate surface area is 82.6 Å². The molecule has 0 aliphatic rings. The zero-order valence-electron chi connectivity index (χ0n) is 8.00. The van der Waals surface area contributed by atoms with Gasteiger partial charge in [0.15, 0.2) is 0 Å². The molecule has 1 nitrogen and oxygen atoms in total. The van der Waals surface area contributed by atoms with Crippen LogP contribution >= 0.6 is 23.1 Å². The molecule has 0 aliphatic carbocycles. The van der Waals surface area contributed by atoms with E-state index in [2.05, 4.69) is 37.4 Å². The Kier molecular flexibility index (Phi) is 3.59. The van der Waals surface area contributed by atoms with Gasteiger partial charge in [0.1, 0.15) is 0 Å². The van der Waals surface area contributed by atoms with Crippen molar-refractivity contribution in [3.05, 3.63) is 16.1 Å². The first-order chi connectivity index (χ1) is 5.65. The molecule has 1 unspecified atom stereocenters. The fourth-order valence-corrected chi connectivity index (χ4v) is 2.25. The molecule has 0 bridgehead atoms. The average Bonchev–Trinajstić information content (AvgIpc) is 2.51. The normalized spacial score (nSPS) is 13.8. The highest BCUT2D eigenvalue weighted by atomic mass is 32.2. The van der Waals surface area contributed by atoms with Crippen molar-refractivity contribution in [1.82, 2.24) is 4.98 Å². The van der Waals surface area contributed by atoms with Crippen LogP contribution in [0.25, 0.3) is 0 Å². The number of nitrogens with zero attached hydrogens (tertiary/aromatic N) is 1. The van der Waals surface area contributed by atoms with E-state index >= 15 is 0 Å². The zero-order chi connectivity index (χ0) is 9.14. The van der Waals surface area contributed by atoms with Crippen LogP contribution in [0.1, 0.15) is 42.6 Å². The quantitative estimate of drug-likeness (QED) is 0.739. The fraction of sp³-hybridized carbons (Fsp3) is 0.667. The lowest BCUT2D eigenvalue weighted by Crippen LogP contribution is -1.90. The van der Waals surface area contributed by atoms with E-state index in [-0.39, 0.29) is 0 Å². The van der Waals surface area contributed by atoms with Gasteiger partial charge in [-0.15, -0.1) is 11.3 Å². The summed E-state index contributed by atoms with van der Waals surface area (Å²) >= 11 is 3.62. The smallest absolute Gasteiger partial charge is 0.0954 e. The van der Waals surface area contributed by atoms with E-state index in [1.807, 2.05) is 11.8 Å². The van der Waals surface area contributed by atoms with Crippen LogP contribution in [0.2, 0.25) is 0 Å². The molecule has 3 heteroatoms. The average molecular weight is 201 g/mol. The summed E-state index contributed by atoms with van der Waals surface area (Å²) in [6.07, 6.45) is 2.12. The molecule has 0 saturated heterocycles. The topological polar surface area (TPSA) is 12.9 Å². The highest BCUT2D eigenvalue weighted by Crippen LogP contribution is 2.28. The second kappa shape index (κ2) is 4.28. The van der Waals surface area contributed by atoms with Crippen LogP contribution in [0.5, 0.6) is 0 Å². The third-order valence-corrected chi connectivity index (χ3v) is 3.92. The van der Waals surface area contributed by atoms with Crippen molar-refractivity contribution in [3.8, 4) is 0 Å². The predicted octanol–water partition coefficient (Wildman–Crippen LogP) is 3.69. The minimum Gasteiger partial charge on any atom is -0.245 e. The van der Waals surface area contributed by atoms with Crippen LogP contribution in [0.15, 0.2) is 5.38 Å². The van der Waals surface area contributed by atoms with E-state index < -0.39 is 0 Å². The minimum absolute atomic E-state index is 0.536. The lowest BCUT2D eigenvalue weighted by atomic mass is 10.2. The third-order valence-electron chi connectivity index (χ3n) is 1.80. The van der Waals surface area contributed by atoms with Crippen molar-refractivity contribution in [2.75, 3.05) is 6.26 Å². The van der Waals surface area contributed by atoms with Gasteiger partial charge in [0.25, 0.3) is 0 Å². The lowest BCUT2D eigenvalue weighted by Gasteiger charge is -2.02. The van der Waals surface area contributed by atoms with Gasteiger partial charge in [0, 0.05) is 16.5 Å². The van der Waals surface area contributed by atoms with Gasteiger partial charge in [-0.05, 0) is 13.2 Å². The van der Waals surface area contributed by atoms with Crippen LogP contribution in [0.4, 0.5) is 0 Å². The predicted molar refractivity (Wildman–Crippen MR) is 58.1 cm³/mol. The van der Waals surface area contributed by atoms with Crippen molar-refractivity contribution in [3.63, 3.8) is 0 Å². The highest BCUT2D eigenvalue weighted by molar-refractivity contribution is 7.98. The lowest BCUT2D eigenvalue weighted by molar-refractivity contribution is 0.838. The third kappa shape index (κ3) is 2.23. The molecule has 0 aromatic carbocycles. The summed E-state index contributed by atoms with van der Waals surface area (Å²) in [5.74, 6) is 0.567. The molecule has 0 fully saturated rings. The molecule has 1 atom stereocenters. The van der Waals surface area contributed by atoms with Crippen LogP contribution in [-0.4, -0.2) is 11.2 Å². The maximum atomic E-state index is 4.58. The van der Waals surface area contributed by atoms with Gasteiger partial charge in [-0.3, -0.25) is 0 Å². The Balaban J connectivity index is 2.77. The van der Waals surface area contributed by atoms with E-state index in [1.165, 1.54) is 10.7 Å². The van der Waals surface area contributed by atoms with Crippen LogP contribution in [0, 0.1) is 0 Å². The molecule has 1 rings (SSSR count). The van der Waals surface area contributed by atoms with Gasteiger partial charge < -0.3 is 0 Å². The van der Waals surface area contributed by atoms with E-state index in [0.717, 1.165) is 0 Å². The largest absolute Gasteiger partial charge is 0.245 e. The summed E-state index contributed by atoms with van der Waals surface area (Å²) in [6.45, 7) is 6.57. The second-order valence-corrected chi connectivity index (χ2v) is 5.21. The van der Waals surface area contributed by atoms with E-state index in [1.54, 1.807) is 11.3 Å². The molecule has 12 heavy (non-hydrogen) atoms. The number of thioether (sulfide) groups is 1. The molecule has 0 radical (unpaired) electrons. The van der Waals surface area contributed by atoms with Crippen LogP contribution < -0.4 is 0 Å². The van der Waals surface area contributed by atoms with Gasteiger partial charge in [0.2, 0.25) is 0 Å².